The van der Waals surface area contributed by atoms with Gasteiger partial charge in [-0.05, 0) is 35.6 Å². The van der Waals surface area contributed by atoms with E-state index in [1.807, 2.05) is 0 Å². The lowest BCUT2D eigenvalue weighted by molar-refractivity contribution is 0.0969. The van der Waals surface area contributed by atoms with Crippen LogP contribution in [0.25, 0.3) is 0 Å². The summed E-state index contributed by atoms with van der Waals surface area (Å²) in [7, 11) is 0. The molecule has 0 amide bonds. The number of ether oxygens (including phenoxy) is 1. The standard InChI is InChI=1S/C18H21NO/c1-3-14-9-6-7-13(2)18(14)19-17-12-20-11-15-8-4-5-10-16(15)17/h4-10,17,19H,3,11-12H2,1-2H3. The molecule has 0 fully saturated rings. The summed E-state index contributed by atoms with van der Waals surface area (Å²) in [6.45, 7) is 5.82. The monoisotopic (exact) mass is 267 g/mol. The summed E-state index contributed by atoms with van der Waals surface area (Å²) in [6, 6.07) is 15.3. The quantitative estimate of drug-likeness (QED) is 0.898. The second-order valence-electron chi connectivity index (χ2n) is 5.37. The van der Waals surface area contributed by atoms with Gasteiger partial charge in [-0.25, -0.2) is 0 Å². The van der Waals surface area contributed by atoms with Crippen molar-refractivity contribution in [2.45, 2.75) is 32.9 Å². The van der Waals surface area contributed by atoms with Crippen LogP contribution in [0.3, 0.4) is 0 Å². The molecule has 0 spiro atoms. The lowest BCUT2D eigenvalue weighted by Crippen LogP contribution is -2.24. The van der Waals surface area contributed by atoms with E-state index in [-0.39, 0.29) is 6.04 Å². The Labute approximate surface area is 120 Å². The lowest BCUT2D eigenvalue weighted by Gasteiger charge is -2.29. The molecule has 20 heavy (non-hydrogen) atoms. The zero-order chi connectivity index (χ0) is 13.9. The maximum absolute atomic E-state index is 5.73. The molecule has 1 aliphatic heterocycles. The number of benzene rings is 2. The van der Waals surface area contributed by atoms with Gasteiger partial charge in [0.15, 0.2) is 0 Å². The molecule has 1 unspecified atom stereocenters. The Morgan fingerprint density at radius 2 is 2.00 bits per heavy atom. The second kappa shape index (κ2) is 5.68. The third-order valence-corrected chi connectivity index (χ3v) is 4.03. The first-order valence-corrected chi connectivity index (χ1v) is 7.30. The van der Waals surface area contributed by atoms with E-state index in [1.165, 1.54) is 27.9 Å². The van der Waals surface area contributed by atoms with E-state index in [4.69, 9.17) is 4.74 Å². The van der Waals surface area contributed by atoms with Crippen molar-refractivity contribution in [1.29, 1.82) is 0 Å². The number of aryl methyl sites for hydroxylation is 2. The molecule has 1 N–H and O–H groups in total. The molecule has 1 heterocycles. The molecule has 0 saturated heterocycles. The highest BCUT2D eigenvalue weighted by Crippen LogP contribution is 2.31. The molecule has 2 heteroatoms. The molecule has 104 valence electrons. The van der Waals surface area contributed by atoms with Gasteiger partial charge in [0.1, 0.15) is 0 Å². The van der Waals surface area contributed by atoms with Crippen LogP contribution in [0.1, 0.15) is 35.2 Å². The molecule has 0 radical (unpaired) electrons. The molecule has 0 bridgehead atoms. The smallest absolute Gasteiger partial charge is 0.0751 e. The van der Waals surface area contributed by atoms with Crippen molar-refractivity contribution >= 4 is 5.69 Å². The van der Waals surface area contributed by atoms with Crippen molar-refractivity contribution in [3.05, 3.63) is 64.7 Å². The van der Waals surface area contributed by atoms with Crippen LogP contribution in [0.15, 0.2) is 42.5 Å². The highest BCUT2D eigenvalue weighted by molar-refractivity contribution is 5.59. The molecule has 2 aromatic rings. The van der Waals surface area contributed by atoms with Gasteiger partial charge < -0.3 is 10.1 Å². The normalized spacial score (nSPS) is 17.6. The third-order valence-electron chi connectivity index (χ3n) is 4.03. The third kappa shape index (κ3) is 2.44. The summed E-state index contributed by atoms with van der Waals surface area (Å²) in [5, 5.41) is 3.70. The summed E-state index contributed by atoms with van der Waals surface area (Å²) in [5.74, 6) is 0. The van der Waals surface area contributed by atoms with E-state index < -0.39 is 0 Å². The Hall–Kier alpha value is -1.80. The molecule has 2 nitrogen and oxygen atoms in total. The van der Waals surface area contributed by atoms with Crippen molar-refractivity contribution in [3.8, 4) is 0 Å². The zero-order valence-corrected chi connectivity index (χ0v) is 12.1. The number of fused-ring (bicyclic) bond motifs is 1. The van der Waals surface area contributed by atoms with Gasteiger partial charge in [-0.15, -0.1) is 0 Å². The van der Waals surface area contributed by atoms with Crippen molar-refractivity contribution in [3.63, 3.8) is 0 Å². The highest BCUT2D eigenvalue weighted by atomic mass is 16.5. The van der Waals surface area contributed by atoms with Gasteiger partial charge in [-0.3, -0.25) is 0 Å². The molecule has 0 saturated carbocycles. The number of anilines is 1. The first-order chi connectivity index (χ1) is 9.79. The fourth-order valence-electron chi connectivity index (χ4n) is 2.91. The number of para-hydroxylation sites is 1. The van der Waals surface area contributed by atoms with Crippen LogP contribution in [0, 0.1) is 6.92 Å². The minimum absolute atomic E-state index is 0.242. The maximum atomic E-state index is 5.73. The van der Waals surface area contributed by atoms with Crippen LogP contribution in [0.2, 0.25) is 0 Å². The minimum atomic E-state index is 0.242. The van der Waals surface area contributed by atoms with E-state index in [0.717, 1.165) is 19.6 Å². The largest absolute Gasteiger partial charge is 0.375 e. The van der Waals surface area contributed by atoms with E-state index in [2.05, 4.69) is 61.6 Å². The Morgan fingerprint density at radius 1 is 1.15 bits per heavy atom. The summed E-state index contributed by atoms with van der Waals surface area (Å²) in [6.07, 6.45) is 1.04. The van der Waals surface area contributed by atoms with Crippen LogP contribution in [0.5, 0.6) is 0 Å². The average molecular weight is 267 g/mol. The van der Waals surface area contributed by atoms with Gasteiger partial charge >= 0.3 is 0 Å². The Kier molecular flexibility index (Phi) is 3.75. The van der Waals surface area contributed by atoms with Crippen molar-refractivity contribution in [2.24, 2.45) is 0 Å². The Bertz CT molecular complexity index is 606. The van der Waals surface area contributed by atoms with Crippen LogP contribution < -0.4 is 5.32 Å². The average Bonchev–Trinajstić information content (AvgIpc) is 2.49. The molecule has 0 aliphatic carbocycles. The van der Waals surface area contributed by atoms with E-state index >= 15 is 0 Å². The SMILES string of the molecule is CCc1cccc(C)c1NC1COCc2ccccc21. The van der Waals surface area contributed by atoms with Crippen LogP contribution >= 0.6 is 0 Å². The predicted molar refractivity (Wildman–Crippen MR) is 83.0 cm³/mol. The lowest BCUT2D eigenvalue weighted by atomic mass is 9.97. The van der Waals surface area contributed by atoms with Crippen LogP contribution in [-0.4, -0.2) is 6.61 Å². The first kappa shape index (κ1) is 13.2. The van der Waals surface area contributed by atoms with Crippen molar-refractivity contribution in [1.82, 2.24) is 0 Å². The molecule has 1 atom stereocenters. The van der Waals surface area contributed by atoms with Gasteiger partial charge in [0.25, 0.3) is 0 Å². The van der Waals surface area contributed by atoms with E-state index in [9.17, 15) is 0 Å². The zero-order valence-electron chi connectivity index (χ0n) is 12.1. The fraction of sp³-hybridized carbons (Fsp3) is 0.333. The second-order valence-corrected chi connectivity index (χ2v) is 5.37. The van der Waals surface area contributed by atoms with E-state index in [0.29, 0.717) is 0 Å². The van der Waals surface area contributed by atoms with E-state index in [1.54, 1.807) is 0 Å². The molecule has 3 rings (SSSR count). The van der Waals surface area contributed by atoms with Crippen LogP contribution in [-0.2, 0) is 17.8 Å². The first-order valence-electron chi connectivity index (χ1n) is 7.30. The number of rotatable bonds is 3. The van der Waals surface area contributed by atoms with Gasteiger partial charge in [0.2, 0.25) is 0 Å². The predicted octanol–water partition coefficient (Wildman–Crippen LogP) is 4.24. The van der Waals surface area contributed by atoms with Crippen molar-refractivity contribution < 1.29 is 4.74 Å². The summed E-state index contributed by atoms with van der Waals surface area (Å²) >= 11 is 0. The Balaban J connectivity index is 1.93. The van der Waals surface area contributed by atoms with Gasteiger partial charge in [-0.2, -0.15) is 0 Å². The molecular formula is C18H21NO. The molecule has 2 aromatic carbocycles. The number of hydrogen-bond acceptors (Lipinski definition) is 2. The number of hydrogen-bond donors (Lipinski definition) is 1. The van der Waals surface area contributed by atoms with Crippen molar-refractivity contribution in [2.75, 3.05) is 11.9 Å². The van der Waals surface area contributed by atoms with Gasteiger partial charge in [0.05, 0.1) is 19.3 Å². The fourth-order valence-corrected chi connectivity index (χ4v) is 2.91. The van der Waals surface area contributed by atoms with Gasteiger partial charge in [-0.1, -0.05) is 49.4 Å². The summed E-state index contributed by atoms with van der Waals surface area (Å²) in [4.78, 5) is 0. The molecule has 1 aliphatic rings. The summed E-state index contributed by atoms with van der Waals surface area (Å²) < 4.78 is 5.73. The minimum Gasteiger partial charge on any atom is -0.375 e. The van der Waals surface area contributed by atoms with Crippen LogP contribution in [0.4, 0.5) is 5.69 Å². The maximum Gasteiger partial charge on any atom is 0.0751 e. The van der Waals surface area contributed by atoms with Gasteiger partial charge in [0, 0.05) is 5.69 Å². The topological polar surface area (TPSA) is 21.3 Å². The summed E-state index contributed by atoms with van der Waals surface area (Å²) in [5.41, 5.74) is 6.59. The highest BCUT2D eigenvalue weighted by Gasteiger charge is 2.21. The molecule has 0 aromatic heterocycles. The Morgan fingerprint density at radius 3 is 2.85 bits per heavy atom. The number of nitrogens with one attached hydrogen (secondary N) is 1. The molecular weight excluding hydrogens is 246 g/mol.